The SMILES string of the molecule is CCN1CCC(n2nccc2NC(=O)Cc2ccc(-n3cnnn3)cc2)CC1. The van der Waals surface area contributed by atoms with Crippen molar-refractivity contribution in [3.63, 3.8) is 0 Å². The Labute approximate surface area is 163 Å². The van der Waals surface area contributed by atoms with Gasteiger partial charge in [0.1, 0.15) is 12.1 Å². The number of carbonyl (C=O) groups is 1. The second-order valence-electron chi connectivity index (χ2n) is 6.97. The molecule has 1 aliphatic rings. The number of anilines is 1. The fourth-order valence-electron chi connectivity index (χ4n) is 3.60. The van der Waals surface area contributed by atoms with Crippen molar-refractivity contribution in [3.05, 3.63) is 48.4 Å². The molecule has 1 fully saturated rings. The van der Waals surface area contributed by atoms with E-state index in [4.69, 9.17) is 0 Å². The van der Waals surface area contributed by atoms with E-state index in [1.54, 1.807) is 10.9 Å². The number of hydrogen-bond acceptors (Lipinski definition) is 6. The summed E-state index contributed by atoms with van der Waals surface area (Å²) in [5, 5.41) is 18.6. The van der Waals surface area contributed by atoms with Crippen LogP contribution in [0.25, 0.3) is 5.69 Å². The molecule has 146 valence electrons. The maximum Gasteiger partial charge on any atom is 0.229 e. The van der Waals surface area contributed by atoms with Crippen LogP contribution < -0.4 is 5.32 Å². The van der Waals surface area contributed by atoms with Crippen molar-refractivity contribution >= 4 is 11.7 Å². The molecule has 2 aromatic heterocycles. The fraction of sp³-hybridized carbons (Fsp3) is 0.421. The van der Waals surface area contributed by atoms with Gasteiger partial charge < -0.3 is 10.2 Å². The molecule has 0 saturated carbocycles. The van der Waals surface area contributed by atoms with E-state index in [0.29, 0.717) is 12.5 Å². The van der Waals surface area contributed by atoms with Gasteiger partial charge >= 0.3 is 0 Å². The molecule has 28 heavy (non-hydrogen) atoms. The molecule has 1 amide bonds. The van der Waals surface area contributed by atoms with E-state index in [1.165, 1.54) is 6.33 Å². The van der Waals surface area contributed by atoms with E-state index in [9.17, 15) is 4.79 Å². The minimum Gasteiger partial charge on any atom is -0.311 e. The quantitative estimate of drug-likeness (QED) is 0.700. The van der Waals surface area contributed by atoms with Crippen molar-refractivity contribution in [1.82, 2.24) is 34.9 Å². The van der Waals surface area contributed by atoms with Crippen LogP contribution in [0.2, 0.25) is 0 Å². The third kappa shape index (κ3) is 4.09. The summed E-state index contributed by atoms with van der Waals surface area (Å²) in [6.45, 7) is 5.42. The first kappa shape index (κ1) is 18.3. The number of likely N-dealkylation sites (tertiary alicyclic amines) is 1. The lowest BCUT2D eigenvalue weighted by Crippen LogP contribution is -2.35. The first-order chi connectivity index (χ1) is 13.7. The topological polar surface area (TPSA) is 93.8 Å². The minimum absolute atomic E-state index is 0.0529. The molecule has 0 atom stereocenters. The van der Waals surface area contributed by atoms with Crippen LogP contribution in [-0.4, -0.2) is 60.4 Å². The van der Waals surface area contributed by atoms with E-state index in [1.807, 2.05) is 35.0 Å². The van der Waals surface area contributed by atoms with Gasteiger partial charge in [-0.3, -0.25) is 4.79 Å². The highest BCUT2D eigenvalue weighted by molar-refractivity contribution is 5.91. The molecule has 0 aliphatic carbocycles. The molecular weight excluding hydrogens is 356 g/mol. The number of nitrogens with zero attached hydrogens (tertiary/aromatic N) is 7. The predicted octanol–water partition coefficient (Wildman–Crippen LogP) is 1.70. The highest BCUT2D eigenvalue weighted by Crippen LogP contribution is 2.25. The number of piperidine rings is 1. The number of rotatable bonds is 6. The van der Waals surface area contributed by atoms with Gasteiger partial charge in [0.15, 0.2) is 0 Å². The van der Waals surface area contributed by atoms with Crippen molar-refractivity contribution < 1.29 is 4.79 Å². The van der Waals surface area contributed by atoms with Crippen molar-refractivity contribution in [2.75, 3.05) is 25.0 Å². The van der Waals surface area contributed by atoms with Gasteiger partial charge in [0.05, 0.1) is 24.3 Å². The molecule has 1 aliphatic heterocycles. The molecule has 0 unspecified atom stereocenters. The number of carbonyl (C=O) groups excluding carboxylic acids is 1. The third-order valence-electron chi connectivity index (χ3n) is 5.20. The molecule has 3 heterocycles. The molecule has 1 N–H and O–H groups in total. The monoisotopic (exact) mass is 380 g/mol. The number of benzene rings is 1. The predicted molar refractivity (Wildman–Crippen MR) is 104 cm³/mol. The highest BCUT2D eigenvalue weighted by atomic mass is 16.1. The lowest BCUT2D eigenvalue weighted by atomic mass is 10.1. The summed E-state index contributed by atoms with van der Waals surface area (Å²) in [7, 11) is 0. The van der Waals surface area contributed by atoms with Gasteiger partial charge in [-0.05, 0) is 47.5 Å². The minimum atomic E-state index is -0.0529. The number of nitrogens with one attached hydrogen (secondary N) is 1. The molecule has 0 spiro atoms. The molecule has 1 saturated heterocycles. The zero-order valence-electron chi connectivity index (χ0n) is 15.9. The molecule has 4 rings (SSSR count). The summed E-state index contributed by atoms with van der Waals surface area (Å²) in [6, 6.07) is 9.81. The van der Waals surface area contributed by atoms with Crippen molar-refractivity contribution in [1.29, 1.82) is 0 Å². The van der Waals surface area contributed by atoms with Crippen LogP contribution in [0, 0.1) is 0 Å². The first-order valence-electron chi connectivity index (χ1n) is 9.61. The van der Waals surface area contributed by atoms with Gasteiger partial charge in [0, 0.05) is 19.2 Å². The van der Waals surface area contributed by atoms with E-state index < -0.39 is 0 Å². The van der Waals surface area contributed by atoms with E-state index in [0.717, 1.165) is 49.5 Å². The highest BCUT2D eigenvalue weighted by Gasteiger charge is 2.22. The summed E-state index contributed by atoms with van der Waals surface area (Å²) in [4.78, 5) is 15.0. The van der Waals surface area contributed by atoms with Crippen LogP contribution in [0.4, 0.5) is 5.82 Å². The average molecular weight is 380 g/mol. The Kier molecular flexibility index (Phi) is 5.43. The zero-order valence-corrected chi connectivity index (χ0v) is 15.9. The molecule has 1 aromatic carbocycles. The average Bonchev–Trinajstić information content (AvgIpc) is 3.41. The molecule has 3 aromatic rings. The number of amides is 1. The summed E-state index contributed by atoms with van der Waals surface area (Å²) in [5.41, 5.74) is 1.78. The summed E-state index contributed by atoms with van der Waals surface area (Å²) in [5.74, 6) is 0.716. The summed E-state index contributed by atoms with van der Waals surface area (Å²) >= 11 is 0. The molecule has 9 heteroatoms. The Morgan fingerprint density at radius 1 is 1.18 bits per heavy atom. The Morgan fingerprint density at radius 2 is 1.96 bits per heavy atom. The Hall–Kier alpha value is -3.07. The second-order valence-corrected chi connectivity index (χ2v) is 6.97. The smallest absolute Gasteiger partial charge is 0.229 e. The molecule has 9 nitrogen and oxygen atoms in total. The Morgan fingerprint density at radius 3 is 2.64 bits per heavy atom. The largest absolute Gasteiger partial charge is 0.311 e. The van der Waals surface area contributed by atoms with E-state index in [-0.39, 0.29) is 5.91 Å². The fourth-order valence-corrected chi connectivity index (χ4v) is 3.60. The molecule has 0 bridgehead atoms. The first-order valence-corrected chi connectivity index (χ1v) is 9.61. The van der Waals surface area contributed by atoms with Gasteiger partial charge in [-0.15, -0.1) is 5.10 Å². The Balaban J connectivity index is 1.36. The van der Waals surface area contributed by atoms with Crippen molar-refractivity contribution in [3.8, 4) is 5.69 Å². The van der Waals surface area contributed by atoms with Gasteiger partial charge in [0.2, 0.25) is 5.91 Å². The van der Waals surface area contributed by atoms with Gasteiger partial charge in [-0.25, -0.2) is 9.36 Å². The Bertz CT molecular complexity index is 894. The van der Waals surface area contributed by atoms with Crippen LogP contribution in [0.3, 0.4) is 0 Å². The number of aromatic nitrogens is 6. The van der Waals surface area contributed by atoms with Crippen LogP contribution in [0.5, 0.6) is 0 Å². The zero-order chi connectivity index (χ0) is 19.3. The molecular formula is C19H24N8O. The van der Waals surface area contributed by atoms with Crippen molar-refractivity contribution in [2.24, 2.45) is 0 Å². The second kappa shape index (κ2) is 8.30. The van der Waals surface area contributed by atoms with Gasteiger partial charge in [0.25, 0.3) is 0 Å². The maximum atomic E-state index is 12.5. The van der Waals surface area contributed by atoms with Crippen LogP contribution in [0.15, 0.2) is 42.9 Å². The normalized spacial score (nSPS) is 15.6. The molecule has 0 radical (unpaired) electrons. The lowest BCUT2D eigenvalue weighted by molar-refractivity contribution is -0.115. The van der Waals surface area contributed by atoms with Crippen LogP contribution in [-0.2, 0) is 11.2 Å². The van der Waals surface area contributed by atoms with E-state index in [2.05, 4.69) is 37.8 Å². The summed E-state index contributed by atoms with van der Waals surface area (Å²) < 4.78 is 3.54. The van der Waals surface area contributed by atoms with Crippen molar-refractivity contribution in [2.45, 2.75) is 32.2 Å². The third-order valence-corrected chi connectivity index (χ3v) is 5.20. The standard InChI is InChI=1S/C19H24N8O/c1-2-25-11-8-17(9-12-25)27-18(7-10-21-27)22-19(28)13-15-3-5-16(6-4-15)26-14-20-23-24-26/h3-7,10,14,17H,2,8-9,11-13H2,1H3,(H,22,28). The lowest BCUT2D eigenvalue weighted by Gasteiger charge is -2.31. The number of tetrazole rings is 1. The van der Waals surface area contributed by atoms with Gasteiger partial charge in [-0.2, -0.15) is 5.10 Å². The van der Waals surface area contributed by atoms with Crippen LogP contribution >= 0.6 is 0 Å². The van der Waals surface area contributed by atoms with Gasteiger partial charge in [-0.1, -0.05) is 19.1 Å². The van der Waals surface area contributed by atoms with Crippen LogP contribution in [0.1, 0.15) is 31.4 Å². The van der Waals surface area contributed by atoms with E-state index >= 15 is 0 Å². The summed E-state index contributed by atoms with van der Waals surface area (Å²) in [6.07, 6.45) is 5.69. The number of hydrogen-bond donors (Lipinski definition) is 1. The maximum absolute atomic E-state index is 12.5.